The Morgan fingerprint density at radius 3 is 2.63 bits per heavy atom. The zero-order valence-electron chi connectivity index (χ0n) is 17.7. The summed E-state index contributed by atoms with van der Waals surface area (Å²) in [4.78, 5) is 37.7. The van der Waals surface area contributed by atoms with Crippen LogP contribution in [0.4, 0.5) is 0 Å². The third-order valence-corrected chi connectivity index (χ3v) is 7.70. The first-order chi connectivity index (χ1) is 13.9. The standard InChI is InChI=1S/C19H29N3O6S2/c1-19(2,3)20-15(23)12-21(4)16(24)13-28-18(25)14-7-5-9-22(11-14)30(26,27)17-8-6-10-29-17/h6,8,10,14H,5,7,9,11-13H2,1-4H3,(H,20,23). The van der Waals surface area contributed by atoms with Crippen LogP contribution in [0.25, 0.3) is 0 Å². The number of amides is 2. The van der Waals surface area contributed by atoms with Crippen LogP contribution in [0.15, 0.2) is 21.7 Å². The molecule has 1 aromatic rings. The quantitative estimate of drug-likeness (QED) is 0.610. The molecule has 1 saturated heterocycles. The normalized spacial score (nSPS) is 17.9. The molecule has 2 rings (SSSR count). The van der Waals surface area contributed by atoms with E-state index in [-0.39, 0.29) is 23.2 Å². The Morgan fingerprint density at radius 2 is 2.03 bits per heavy atom. The first kappa shape index (κ1) is 24.3. The van der Waals surface area contributed by atoms with Crippen molar-refractivity contribution in [3.8, 4) is 0 Å². The molecule has 1 atom stereocenters. The van der Waals surface area contributed by atoms with Gasteiger partial charge in [-0.15, -0.1) is 11.3 Å². The number of likely N-dealkylation sites (N-methyl/N-ethyl adjacent to an activating group) is 1. The Hall–Kier alpha value is -1.98. The summed E-state index contributed by atoms with van der Waals surface area (Å²) in [6, 6.07) is 3.20. The number of thiophene rings is 1. The van der Waals surface area contributed by atoms with E-state index in [1.807, 2.05) is 20.8 Å². The SMILES string of the molecule is CN(CC(=O)NC(C)(C)C)C(=O)COC(=O)C1CCCN(S(=O)(=O)c2cccs2)C1. The summed E-state index contributed by atoms with van der Waals surface area (Å²) >= 11 is 1.13. The number of ether oxygens (including phenoxy) is 1. The van der Waals surface area contributed by atoms with Gasteiger partial charge in [0.05, 0.1) is 12.5 Å². The van der Waals surface area contributed by atoms with Gasteiger partial charge in [0.25, 0.3) is 15.9 Å². The van der Waals surface area contributed by atoms with Crippen LogP contribution in [0.5, 0.6) is 0 Å². The summed E-state index contributed by atoms with van der Waals surface area (Å²) < 4.78 is 32.0. The van der Waals surface area contributed by atoms with Gasteiger partial charge in [0, 0.05) is 25.7 Å². The number of sulfonamides is 1. The van der Waals surface area contributed by atoms with Crippen molar-refractivity contribution in [3.63, 3.8) is 0 Å². The molecule has 1 unspecified atom stereocenters. The van der Waals surface area contributed by atoms with Crippen LogP contribution in [-0.4, -0.2) is 74.2 Å². The van der Waals surface area contributed by atoms with Crippen molar-refractivity contribution in [2.45, 2.75) is 43.4 Å². The molecule has 9 nitrogen and oxygen atoms in total. The number of nitrogens with zero attached hydrogens (tertiary/aromatic N) is 2. The summed E-state index contributed by atoms with van der Waals surface area (Å²) in [5.41, 5.74) is -0.413. The maximum Gasteiger partial charge on any atom is 0.310 e. The number of rotatable bonds is 7. The maximum absolute atomic E-state index is 12.7. The number of hydrogen-bond donors (Lipinski definition) is 1. The van der Waals surface area contributed by atoms with E-state index >= 15 is 0 Å². The van der Waals surface area contributed by atoms with Crippen molar-refractivity contribution in [1.82, 2.24) is 14.5 Å². The van der Waals surface area contributed by atoms with E-state index in [1.54, 1.807) is 11.4 Å². The van der Waals surface area contributed by atoms with E-state index in [0.717, 1.165) is 11.3 Å². The first-order valence-corrected chi connectivity index (χ1v) is 12.0. The lowest BCUT2D eigenvalue weighted by atomic mass is 10.00. The first-order valence-electron chi connectivity index (χ1n) is 9.65. The van der Waals surface area contributed by atoms with Crippen LogP contribution in [0.3, 0.4) is 0 Å². The second-order valence-electron chi connectivity index (χ2n) is 8.29. The molecule has 0 aliphatic carbocycles. The lowest BCUT2D eigenvalue weighted by molar-refractivity contribution is -0.156. The van der Waals surface area contributed by atoms with Crippen LogP contribution in [0.1, 0.15) is 33.6 Å². The molecule has 1 aromatic heterocycles. The largest absolute Gasteiger partial charge is 0.455 e. The highest BCUT2D eigenvalue weighted by Crippen LogP contribution is 2.26. The van der Waals surface area contributed by atoms with Crippen LogP contribution in [-0.2, 0) is 29.1 Å². The summed E-state index contributed by atoms with van der Waals surface area (Å²) in [7, 11) is -2.18. The molecule has 0 saturated carbocycles. The molecule has 0 spiro atoms. The Balaban J connectivity index is 1.85. The average Bonchev–Trinajstić information content (AvgIpc) is 3.19. The fraction of sp³-hybridized carbons (Fsp3) is 0.632. The van der Waals surface area contributed by atoms with E-state index < -0.39 is 40.0 Å². The van der Waals surface area contributed by atoms with Crippen LogP contribution in [0.2, 0.25) is 0 Å². The van der Waals surface area contributed by atoms with E-state index in [0.29, 0.717) is 19.4 Å². The summed E-state index contributed by atoms with van der Waals surface area (Å²) in [5, 5.41) is 4.44. The number of nitrogens with one attached hydrogen (secondary N) is 1. The Bertz CT molecular complexity index is 861. The van der Waals surface area contributed by atoms with Gasteiger partial charge in [-0.3, -0.25) is 14.4 Å². The molecule has 1 aliphatic rings. The smallest absolute Gasteiger partial charge is 0.310 e. The van der Waals surface area contributed by atoms with Crippen molar-refractivity contribution in [2.75, 3.05) is 33.3 Å². The van der Waals surface area contributed by atoms with Crippen LogP contribution >= 0.6 is 11.3 Å². The van der Waals surface area contributed by atoms with Crippen molar-refractivity contribution in [1.29, 1.82) is 0 Å². The zero-order chi connectivity index (χ0) is 22.5. The highest BCUT2D eigenvalue weighted by atomic mass is 32.2. The van der Waals surface area contributed by atoms with Gasteiger partial charge in [-0.05, 0) is 45.1 Å². The van der Waals surface area contributed by atoms with Gasteiger partial charge in [-0.1, -0.05) is 6.07 Å². The highest BCUT2D eigenvalue weighted by Gasteiger charge is 2.34. The van der Waals surface area contributed by atoms with Crippen molar-refractivity contribution in [3.05, 3.63) is 17.5 Å². The molecule has 0 bridgehead atoms. The van der Waals surface area contributed by atoms with Crippen molar-refractivity contribution < 1.29 is 27.5 Å². The number of carbonyl (C=O) groups is 3. The van der Waals surface area contributed by atoms with Crippen LogP contribution in [0, 0.1) is 5.92 Å². The molecule has 1 fully saturated rings. The van der Waals surface area contributed by atoms with Gasteiger partial charge in [0.15, 0.2) is 6.61 Å². The van der Waals surface area contributed by atoms with E-state index in [2.05, 4.69) is 5.32 Å². The minimum absolute atomic E-state index is 0.0249. The van der Waals surface area contributed by atoms with Gasteiger partial charge in [-0.2, -0.15) is 4.31 Å². The number of hydrogen-bond acceptors (Lipinski definition) is 7. The maximum atomic E-state index is 12.7. The predicted molar refractivity (Wildman–Crippen MR) is 112 cm³/mol. The average molecular weight is 460 g/mol. The van der Waals surface area contributed by atoms with E-state index in [1.165, 1.54) is 22.3 Å². The molecule has 11 heteroatoms. The molecule has 0 aromatic carbocycles. The van der Waals surface area contributed by atoms with Gasteiger partial charge >= 0.3 is 5.97 Å². The van der Waals surface area contributed by atoms with Gasteiger partial charge in [0.2, 0.25) is 5.91 Å². The summed E-state index contributed by atoms with van der Waals surface area (Å²) in [5.74, 6) is -2.06. The fourth-order valence-electron chi connectivity index (χ4n) is 3.01. The number of carbonyl (C=O) groups excluding carboxylic acids is 3. The van der Waals surface area contributed by atoms with Crippen molar-refractivity contribution in [2.24, 2.45) is 5.92 Å². The molecule has 0 radical (unpaired) electrons. The summed E-state index contributed by atoms with van der Waals surface area (Å²) in [6.07, 6.45) is 1.03. The molecule has 1 N–H and O–H groups in total. The third-order valence-electron chi connectivity index (χ3n) is 4.47. The second kappa shape index (κ2) is 9.88. The Morgan fingerprint density at radius 1 is 1.33 bits per heavy atom. The Kier molecular flexibility index (Phi) is 8.00. The molecular weight excluding hydrogens is 430 g/mol. The highest BCUT2D eigenvalue weighted by molar-refractivity contribution is 7.91. The fourth-order valence-corrected chi connectivity index (χ4v) is 5.68. The topological polar surface area (TPSA) is 113 Å². The molecular formula is C19H29N3O6S2. The zero-order valence-corrected chi connectivity index (χ0v) is 19.3. The molecule has 1 aliphatic heterocycles. The second-order valence-corrected chi connectivity index (χ2v) is 11.4. The number of esters is 1. The molecule has 2 heterocycles. The lowest BCUT2D eigenvalue weighted by Gasteiger charge is -2.30. The van der Waals surface area contributed by atoms with Crippen molar-refractivity contribution >= 4 is 39.1 Å². The van der Waals surface area contributed by atoms with Gasteiger partial charge in [0.1, 0.15) is 4.21 Å². The minimum atomic E-state index is -3.63. The molecule has 168 valence electrons. The monoisotopic (exact) mass is 459 g/mol. The van der Waals surface area contributed by atoms with Crippen LogP contribution < -0.4 is 5.32 Å². The number of piperidine rings is 1. The molecule has 2 amide bonds. The molecule has 30 heavy (non-hydrogen) atoms. The Labute approximate surface area is 181 Å². The third kappa shape index (κ3) is 6.78. The van der Waals surface area contributed by atoms with E-state index in [4.69, 9.17) is 4.74 Å². The summed E-state index contributed by atoms with van der Waals surface area (Å²) in [6.45, 7) is 5.23. The van der Waals surface area contributed by atoms with Gasteiger partial charge < -0.3 is 15.0 Å². The predicted octanol–water partition coefficient (Wildman–Crippen LogP) is 1.07. The van der Waals surface area contributed by atoms with Gasteiger partial charge in [-0.25, -0.2) is 8.42 Å². The minimum Gasteiger partial charge on any atom is -0.455 e. The van der Waals surface area contributed by atoms with E-state index in [9.17, 15) is 22.8 Å². The lowest BCUT2D eigenvalue weighted by Crippen LogP contribution is -2.47.